The maximum absolute atomic E-state index is 12.9. The second kappa shape index (κ2) is 18.1. The van der Waals surface area contributed by atoms with Crippen molar-refractivity contribution in [2.45, 2.75) is 12.6 Å². The van der Waals surface area contributed by atoms with Gasteiger partial charge in [-0.15, -0.1) is 4.52 Å². The van der Waals surface area contributed by atoms with Gasteiger partial charge in [0.25, 0.3) is 0 Å². The normalized spacial score (nSPS) is 13.0. The molecule has 0 aliphatic carbocycles. The molecule has 0 saturated heterocycles. The molecule has 2 unspecified atom stereocenters. The van der Waals surface area contributed by atoms with Crippen molar-refractivity contribution in [2.24, 2.45) is 0 Å². The van der Waals surface area contributed by atoms with Gasteiger partial charge in [0.2, 0.25) is 7.11 Å². The summed E-state index contributed by atoms with van der Waals surface area (Å²) >= 11 is 0. The van der Waals surface area contributed by atoms with Gasteiger partial charge in [-0.1, -0.05) is 0 Å². The topological polar surface area (TPSA) is 109 Å². The Bertz CT molecular complexity index is 1070. The molecule has 2 rings (SSSR count). The quantitative estimate of drug-likeness (QED) is 0.0801. The Labute approximate surface area is 218 Å². The van der Waals surface area contributed by atoms with E-state index in [4.69, 9.17) is 4.89 Å². The number of ether oxygens (including phenoxy) is 1. The van der Waals surface area contributed by atoms with Crippen LogP contribution in [0.1, 0.15) is 22.8 Å². The van der Waals surface area contributed by atoms with E-state index in [1.165, 1.54) is 40.4 Å². The third-order valence-corrected chi connectivity index (χ3v) is 6.38. The smallest absolute Gasteiger partial charge is 0.386 e. The summed E-state index contributed by atoms with van der Waals surface area (Å²) in [5.41, 5.74) is 0.121. The third-order valence-electron chi connectivity index (χ3n) is 4.35. The van der Waals surface area contributed by atoms with Crippen LogP contribution < -0.4 is 5.32 Å². The number of benzene rings is 2. The molecule has 0 radical (unpaired) electrons. The number of nitrogens with one attached hydrogen (secondary N) is 1. The number of esters is 1. The van der Waals surface area contributed by atoms with Gasteiger partial charge >= 0.3 is 13.6 Å². The molecule has 0 spiro atoms. The highest BCUT2D eigenvalue weighted by Gasteiger charge is 2.39. The Kier molecular flexibility index (Phi) is 16.6. The number of likely N-dealkylation sites (N-methyl/N-ethyl adjacent to an activating group) is 1. The zero-order chi connectivity index (χ0) is 29.3. The van der Waals surface area contributed by atoms with Crippen LogP contribution in [-0.2, 0) is 32.9 Å². The highest BCUT2D eigenvalue weighted by atomic mass is 31.2. The first-order valence-electron chi connectivity index (χ1n) is 10.5. The Morgan fingerprint density at radius 2 is 1.45 bits per heavy atom. The Morgan fingerprint density at radius 3 is 1.79 bits per heavy atom. The van der Waals surface area contributed by atoms with Crippen molar-refractivity contribution in [1.29, 1.82) is 0 Å². The number of carbonyl (C=O) groups excluding carboxylic acids is 2. The van der Waals surface area contributed by atoms with Gasteiger partial charge in [-0.3, -0.25) is 14.2 Å². The summed E-state index contributed by atoms with van der Waals surface area (Å²) in [5, 5.41) is 2.84. The first-order chi connectivity index (χ1) is 17.9. The zero-order valence-electron chi connectivity index (χ0n) is 21.3. The number of hydrogen-bond acceptors (Lipinski definition) is 9. The number of hydrogen-bond donors (Lipinski definition) is 1. The highest BCUT2D eigenvalue weighted by molar-refractivity contribution is 7.55. The Morgan fingerprint density at radius 1 is 0.974 bits per heavy atom. The van der Waals surface area contributed by atoms with Crippen LogP contribution in [-0.4, -0.2) is 52.9 Å². The monoisotopic (exact) mass is 566 g/mol. The summed E-state index contributed by atoms with van der Waals surface area (Å²) in [4.78, 5) is 30.0. The lowest BCUT2D eigenvalue weighted by molar-refractivity contribution is -0.265. The first-order valence-corrected chi connectivity index (χ1v) is 12.1. The molecule has 0 fully saturated rings. The van der Waals surface area contributed by atoms with Crippen LogP contribution in [0, 0.1) is 30.4 Å². The van der Waals surface area contributed by atoms with E-state index in [-0.39, 0.29) is 12.2 Å². The van der Waals surface area contributed by atoms with Gasteiger partial charge in [0, 0.05) is 37.6 Å². The molecular formula is C24H29F4NO8P+. The summed E-state index contributed by atoms with van der Waals surface area (Å²) in [6.45, 7) is 1.56. The highest BCUT2D eigenvalue weighted by Crippen LogP contribution is 2.52. The van der Waals surface area contributed by atoms with E-state index in [9.17, 15) is 31.7 Å². The van der Waals surface area contributed by atoms with Gasteiger partial charge in [-0.2, -0.15) is 0 Å². The summed E-state index contributed by atoms with van der Waals surface area (Å²) in [5.74, 6) is -3.35. The van der Waals surface area contributed by atoms with E-state index in [0.717, 1.165) is 18.2 Å². The molecule has 210 valence electrons. The van der Waals surface area contributed by atoms with Crippen LogP contribution in [0.5, 0.6) is 0 Å². The second-order valence-corrected chi connectivity index (χ2v) is 9.40. The van der Waals surface area contributed by atoms with Crippen molar-refractivity contribution in [2.75, 3.05) is 35.0 Å². The maximum atomic E-state index is 12.9. The summed E-state index contributed by atoms with van der Waals surface area (Å²) in [7, 11) is 4.99. The summed E-state index contributed by atoms with van der Waals surface area (Å²) in [6, 6.07) is 5.93. The molecule has 0 aromatic heterocycles. The van der Waals surface area contributed by atoms with Crippen molar-refractivity contribution in [1.82, 2.24) is 5.32 Å². The lowest BCUT2D eigenvalue weighted by Gasteiger charge is -2.14. The van der Waals surface area contributed by atoms with Crippen LogP contribution in [0.3, 0.4) is 0 Å². The molecule has 38 heavy (non-hydrogen) atoms. The van der Waals surface area contributed by atoms with Gasteiger partial charge in [0.15, 0.2) is 5.66 Å². The van der Waals surface area contributed by atoms with Crippen LogP contribution in [0.2, 0.25) is 0 Å². The number of rotatable bonds is 10. The molecule has 14 heteroatoms. The molecule has 0 bridgehead atoms. The molecule has 2 aromatic carbocycles. The zero-order valence-corrected chi connectivity index (χ0v) is 22.2. The van der Waals surface area contributed by atoms with E-state index in [1.54, 1.807) is 13.1 Å². The Hall–Kier alpha value is -3.22. The average Bonchev–Trinajstić information content (AvgIpc) is 2.89. The van der Waals surface area contributed by atoms with Crippen molar-refractivity contribution in [3.8, 4) is 0 Å². The molecule has 0 aliphatic heterocycles. The van der Waals surface area contributed by atoms with E-state index >= 15 is 0 Å². The molecule has 2 atom stereocenters. The molecule has 2 aromatic rings. The fraction of sp³-hybridized carbons (Fsp3) is 0.292. The maximum Gasteiger partial charge on any atom is 0.386 e. The fourth-order valence-electron chi connectivity index (χ4n) is 2.43. The predicted octanol–water partition coefficient (Wildman–Crippen LogP) is 5.08. The summed E-state index contributed by atoms with van der Waals surface area (Å²) in [6.07, 6.45) is 1.97. The molecular weight excluding hydrogens is 537 g/mol. The minimum atomic E-state index is -3.43. The van der Waals surface area contributed by atoms with Crippen molar-refractivity contribution in [3.05, 3.63) is 83.6 Å². The van der Waals surface area contributed by atoms with Crippen molar-refractivity contribution < 1.29 is 55.3 Å². The Balaban J connectivity index is 0.000000558. The average molecular weight is 566 g/mol. The van der Waals surface area contributed by atoms with Crippen molar-refractivity contribution in [3.63, 3.8) is 0 Å². The molecule has 9 nitrogen and oxygen atoms in total. The second-order valence-electron chi connectivity index (χ2n) is 6.92. The lowest BCUT2D eigenvalue weighted by Crippen LogP contribution is -2.20. The van der Waals surface area contributed by atoms with Crippen LogP contribution in [0.15, 0.2) is 42.1 Å². The molecule has 1 N–H and O–H groups in total. The van der Waals surface area contributed by atoms with E-state index in [1.807, 2.05) is 0 Å². The van der Waals surface area contributed by atoms with E-state index < -0.39 is 42.5 Å². The number of carbonyl (C=O) groups is 2. The largest absolute Gasteiger partial charge is 0.468 e. The predicted molar refractivity (Wildman–Crippen MR) is 131 cm³/mol. The van der Waals surface area contributed by atoms with Crippen LogP contribution in [0.25, 0.3) is 6.08 Å². The van der Waals surface area contributed by atoms with Crippen LogP contribution in [0.4, 0.5) is 17.6 Å². The first kappa shape index (κ1) is 34.8. The molecule has 0 amide bonds. The number of methoxy groups -OCH3 is 1. The van der Waals surface area contributed by atoms with E-state index in [0.29, 0.717) is 23.6 Å². The minimum Gasteiger partial charge on any atom is -0.468 e. The SMILES string of the molecule is CN/C(=C\c1cc(F)cc(F)c1)COOC.O=Cc1cc(F)cc(F)c1.[CH2+]OP(=O)(OC)C(C)C(=O)OC. The van der Waals surface area contributed by atoms with Gasteiger partial charge in [0.05, 0.1) is 14.2 Å². The molecule has 0 saturated carbocycles. The van der Waals surface area contributed by atoms with Crippen LogP contribution >= 0.6 is 7.60 Å². The van der Waals surface area contributed by atoms with Gasteiger partial charge in [0.1, 0.15) is 36.2 Å². The van der Waals surface area contributed by atoms with E-state index in [2.05, 4.69) is 31.1 Å². The van der Waals surface area contributed by atoms with Gasteiger partial charge in [-0.05, 0) is 42.8 Å². The minimum absolute atomic E-state index is 0.0116. The molecule has 0 heterocycles. The molecule has 0 aliphatic rings. The lowest BCUT2D eigenvalue weighted by atomic mass is 10.2. The number of halogens is 4. The van der Waals surface area contributed by atoms with Gasteiger partial charge in [-0.25, -0.2) is 27.3 Å². The number of aldehydes is 1. The fourth-order valence-corrected chi connectivity index (χ4v) is 3.44. The van der Waals surface area contributed by atoms with Gasteiger partial charge < -0.3 is 14.6 Å². The standard InChI is InChI=1S/C11H13F2NO2.C7H4F2O.C6H12O5P/c1-14-11(7-16-15-2)5-8-3-9(12)6-10(13)4-8;8-6-1-5(4-10)2-7(9)3-6;1-5(6(7)9-2)12(8,10-3)11-4/h3-6,14H,7H2,1-2H3;1-4H;5H,3H2,1-2,4H3/q;;+1/b11-5-;;. The third kappa shape index (κ3) is 12.8. The van der Waals surface area contributed by atoms with Crippen molar-refractivity contribution >= 4 is 25.9 Å². The summed E-state index contributed by atoms with van der Waals surface area (Å²) < 4.78 is 74.9.